The highest BCUT2D eigenvalue weighted by Gasteiger charge is 2.44. The minimum absolute atomic E-state index is 0.0206. The van der Waals surface area contributed by atoms with Gasteiger partial charge in [-0.05, 0) is 45.7 Å². The number of carbonyl (C=O) groups excluding carboxylic acids is 3. The van der Waals surface area contributed by atoms with Crippen molar-refractivity contribution in [3.8, 4) is 0 Å². The van der Waals surface area contributed by atoms with E-state index in [1.54, 1.807) is 4.90 Å². The first-order valence-corrected chi connectivity index (χ1v) is 9.62. The highest BCUT2D eigenvalue weighted by atomic mass is 16.2. The van der Waals surface area contributed by atoms with E-state index in [1.807, 2.05) is 39.8 Å². The predicted octanol–water partition coefficient (Wildman–Crippen LogP) is 0.958. The van der Waals surface area contributed by atoms with Gasteiger partial charge in [0.2, 0.25) is 17.7 Å². The van der Waals surface area contributed by atoms with Gasteiger partial charge in [0.1, 0.15) is 5.54 Å². The molecule has 0 aromatic rings. The third-order valence-electron chi connectivity index (χ3n) is 5.71. The van der Waals surface area contributed by atoms with Crippen LogP contribution in [0.2, 0.25) is 0 Å². The SMILES string of the molecule is CCC[C@H](C(N)=O)[C@@H](CC(C)C)C(=O)N1CCC(C(N)=O)(N(C)C)CC1. The van der Waals surface area contributed by atoms with Crippen molar-refractivity contribution in [1.82, 2.24) is 9.80 Å². The molecule has 0 aromatic carbocycles. The van der Waals surface area contributed by atoms with Gasteiger partial charge in [-0.2, -0.15) is 0 Å². The lowest BCUT2D eigenvalue weighted by atomic mass is 9.80. The summed E-state index contributed by atoms with van der Waals surface area (Å²) in [6.45, 7) is 7.01. The molecule has 7 heteroatoms. The van der Waals surface area contributed by atoms with E-state index in [0.717, 1.165) is 6.42 Å². The third kappa shape index (κ3) is 4.96. The molecule has 26 heavy (non-hydrogen) atoms. The standard InChI is InChI=1S/C19H36N4O3/c1-6-7-14(16(20)24)15(12-13(2)3)17(25)23-10-8-19(9-11-23,18(21)26)22(4)5/h13-15H,6-12H2,1-5H3,(H2,20,24)(H2,21,26)/t14-,15+/m0/s1. The van der Waals surface area contributed by atoms with Crippen molar-refractivity contribution >= 4 is 17.7 Å². The molecule has 1 rings (SSSR count). The second kappa shape index (κ2) is 9.35. The topological polar surface area (TPSA) is 110 Å². The minimum Gasteiger partial charge on any atom is -0.369 e. The van der Waals surface area contributed by atoms with Crippen LogP contribution in [0.5, 0.6) is 0 Å². The summed E-state index contributed by atoms with van der Waals surface area (Å²) >= 11 is 0. The number of hydrogen-bond donors (Lipinski definition) is 2. The molecular formula is C19H36N4O3. The number of piperidine rings is 1. The molecule has 0 radical (unpaired) electrons. The predicted molar refractivity (Wildman–Crippen MR) is 102 cm³/mol. The molecule has 1 heterocycles. The number of carbonyl (C=O) groups is 3. The molecule has 1 fully saturated rings. The van der Waals surface area contributed by atoms with E-state index >= 15 is 0 Å². The maximum Gasteiger partial charge on any atom is 0.238 e. The maximum absolute atomic E-state index is 13.2. The number of nitrogens with two attached hydrogens (primary N) is 2. The van der Waals surface area contributed by atoms with Crippen molar-refractivity contribution in [1.29, 1.82) is 0 Å². The third-order valence-corrected chi connectivity index (χ3v) is 5.71. The lowest BCUT2D eigenvalue weighted by molar-refractivity contribution is -0.146. The van der Waals surface area contributed by atoms with Crippen LogP contribution in [0.25, 0.3) is 0 Å². The monoisotopic (exact) mass is 368 g/mol. The Labute approximate surface area is 157 Å². The van der Waals surface area contributed by atoms with Crippen molar-refractivity contribution in [2.24, 2.45) is 29.2 Å². The number of likely N-dealkylation sites (N-methyl/N-ethyl adjacent to an activating group) is 1. The van der Waals surface area contributed by atoms with Gasteiger partial charge in [0.25, 0.3) is 0 Å². The van der Waals surface area contributed by atoms with E-state index in [-0.39, 0.29) is 11.8 Å². The Balaban J connectivity index is 2.96. The van der Waals surface area contributed by atoms with E-state index in [0.29, 0.717) is 44.7 Å². The lowest BCUT2D eigenvalue weighted by Gasteiger charge is -2.44. The fraction of sp³-hybridized carbons (Fsp3) is 0.842. The van der Waals surface area contributed by atoms with Crippen LogP contribution in [-0.2, 0) is 14.4 Å². The first kappa shape index (κ1) is 22.4. The molecule has 0 unspecified atom stereocenters. The van der Waals surface area contributed by atoms with Gasteiger partial charge in [0, 0.05) is 24.9 Å². The number of nitrogens with zero attached hydrogens (tertiary/aromatic N) is 2. The van der Waals surface area contributed by atoms with Gasteiger partial charge in [0.05, 0.1) is 0 Å². The zero-order valence-electron chi connectivity index (χ0n) is 17.0. The average molecular weight is 369 g/mol. The average Bonchev–Trinajstić information content (AvgIpc) is 2.56. The van der Waals surface area contributed by atoms with Crippen LogP contribution in [0.3, 0.4) is 0 Å². The van der Waals surface area contributed by atoms with Crippen molar-refractivity contribution in [3.05, 3.63) is 0 Å². The van der Waals surface area contributed by atoms with Crippen LogP contribution in [0.4, 0.5) is 0 Å². The molecule has 0 aliphatic carbocycles. The molecule has 1 aliphatic heterocycles. The minimum atomic E-state index is -0.711. The largest absolute Gasteiger partial charge is 0.369 e. The molecule has 3 amide bonds. The van der Waals surface area contributed by atoms with E-state index in [9.17, 15) is 14.4 Å². The number of primary amides is 2. The van der Waals surface area contributed by atoms with E-state index < -0.39 is 23.3 Å². The van der Waals surface area contributed by atoms with Crippen LogP contribution in [-0.4, -0.2) is 60.2 Å². The van der Waals surface area contributed by atoms with Gasteiger partial charge in [-0.3, -0.25) is 19.3 Å². The summed E-state index contributed by atoms with van der Waals surface area (Å²) in [6.07, 6.45) is 3.07. The van der Waals surface area contributed by atoms with Crippen LogP contribution in [0.1, 0.15) is 52.9 Å². The summed E-state index contributed by atoms with van der Waals surface area (Å²) < 4.78 is 0. The van der Waals surface area contributed by atoms with Crippen LogP contribution in [0.15, 0.2) is 0 Å². The van der Waals surface area contributed by atoms with Gasteiger partial charge < -0.3 is 16.4 Å². The zero-order chi connectivity index (χ0) is 20.1. The van der Waals surface area contributed by atoms with E-state index in [4.69, 9.17) is 11.5 Å². The lowest BCUT2D eigenvalue weighted by Crippen LogP contribution is -2.61. The molecule has 0 bridgehead atoms. The number of likely N-dealkylation sites (tertiary alicyclic amines) is 1. The highest BCUT2D eigenvalue weighted by molar-refractivity contribution is 5.88. The molecule has 150 valence electrons. The Morgan fingerprint density at radius 2 is 1.62 bits per heavy atom. The number of hydrogen-bond acceptors (Lipinski definition) is 4. The summed E-state index contributed by atoms with van der Waals surface area (Å²) in [5.74, 6) is -1.32. The Kier molecular flexibility index (Phi) is 8.06. The first-order valence-electron chi connectivity index (χ1n) is 9.62. The van der Waals surface area contributed by atoms with Gasteiger partial charge in [-0.15, -0.1) is 0 Å². The fourth-order valence-corrected chi connectivity index (χ4v) is 4.04. The Morgan fingerprint density at radius 1 is 1.08 bits per heavy atom. The maximum atomic E-state index is 13.2. The van der Waals surface area contributed by atoms with Crippen molar-refractivity contribution < 1.29 is 14.4 Å². The number of amides is 3. The molecule has 1 saturated heterocycles. The molecular weight excluding hydrogens is 332 g/mol. The molecule has 4 N–H and O–H groups in total. The number of rotatable bonds is 9. The summed E-state index contributed by atoms with van der Waals surface area (Å²) in [4.78, 5) is 40.8. The normalized spacial score (nSPS) is 19.4. The Hall–Kier alpha value is -1.63. The van der Waals surface area contributed by atoms with Gasteiger partial charge in [-0.1, -0.05) is 27.2 Å². The summed E-state index contributed by atoms with van der Waals surface area (Å²) in [5, 5.41) is 0. The van der Waals surface area contributed by atoms with Gasteiger partial charge in [-0.25, -0.2) is 0 Å². The summed E-state index contributed by atoms with van der Waals surface area (Å²) in [7, 11) is 3.68. The van der Waals surface area contributed by atoms with Crippen molar-refractivity contribution in [3.63, 3.8) is 0 Å². The molecule has 1 aliphatic rings. The second-order valence-corrected chi connectivity index (χ2v) is 8.15. The second-order valence-electron chi connectivity index (χ2n) is 8.15. The van der Waals surface area contributed by atoms with E-state index in [1.165, 1.54) is 0 Å². The highest BCUT2D eigenvalue weighted by Crippen LogP contribution is 2.31. The fourth-order valence-electron chi connectivity index (χ4n) is 4.04. The molecule has 2 atom stereocenters. The Bertz CT molecular complexity index is 511. The summed E-state index contributed by atoms with van der Waals surface area (Å²) in [6, 6.07) is 0. The molecule has 7 nitrogen and oxygen atoms in total. The summed E-state index contributed by atoms with van der Waals surface area (Å²) in [5.41, 5.74) is 10.5. The first-order chi connectivity index (χ1) is 12.1. The van der Waals surface area contributed by atoms with Crippen LogP contribution >= 0.6 is 0 Å². The van der Waals surface area contributed by atoms with Crippen LogP contribution < -0.4 is 11.5 Å². The molecule has 0 aromatic heterocycles. The Morgan fingerprint density at radius 3 is 1.96 bits per heavy atom. The zero-order valence-corrected chi connectivity index (χ0v) is 17.0. The van der Waals surface area contributed by atoms with Crippen LogP contribution in [0, 0.1) is 17.8 Å². The van der Waals surface area contributed by atoms with Gasteiger partial charge in [0.15, 0.2) is 0 Å². The van der Waals surface area contributed by atoms with Crippen molar-refractivity contribution in [2.75, 3.05) is 27.2 Å². The molecule has 0 spiro atoms. The molecule has 0 saturated carbocycles. The van der Waals surface area contributed by atoms with Gasteiger partial charge >= 0.3 is 0 Å². The van der Waals surface area contributed by atoms with E-state index in [2.05, 4.69) is 0 Å². The smallest absolute Gasteiger partial charge is 0.238 e. The quantitative estimate of drug-likeness (QED) is 0.631. The van der Waals surface area contributed by atoms with Crippen molar-refractivity contribution in [2.45, 2.75) is 58.4 Å².